The van der Waals surface area contributed by atoms with E-state index in [9.17, 15) is 14.4 Å². The number of carbonyl (C=O) groups excluding carboxylic acids is 2. The maximum Gasteiger partial charge on any atom is 0.326 e. The number of aliphatic carboxylic acids is 1. The molecule has 0 aromatic carbocycles. The lowest BCUT2D eigenvalue weighted by Crippen LogP contribution is -2.43. The van der Waals surface area contributed by atoms with Crippen LogP contribution in [0.5, 0.6) is 0 Å². The van der Waals surface area contributed by atoms with E-state index in [4.69, 9.17) is 10.8 Å². The summed E-state index contributed by atoms with van der Waals surface area (Å²) in [5.41, 5.74) is 4.89. The van der Waals surface area contributed by atoms with Crippen molar-refractivity contribution in [1.82, 2.24) is 5.32 Å². The number of hydrogen-bond acceptors (Lipinski definition) is 3. The fourth-order valence-corrected chi connectivity index (χ4v) is 0.882. The van der Waals surface area contributed by atoms with E-state index in [2.05, 4.69) is 5.32 Å². The number of nitrogens with one attached hydrogen (secondary N) is 1. The first-order valence-corrected chi connectivity index (χ1v) is 4.66. The molecule has 0 radical (unpaired) electrons. The van der Waals surface area contributed by atoms with Crippen LogP contribution in [0.2, 0.25) is 0 Å². The Bertz CT molecular complexity index is 263. The third-order valence-corrected chi connectivity index (χ3v) is 1.82. The summed E-state index contributed by atoms with van der Waals surface area (Å²) in [6, 6.07) is -1.05. The Labute approximate surface area is 87.8 Å². The van der Waals surface area contributed by atoms with E-state index < -0.39 is 17.9 Å². The van der Waals surface area contributed by atoms with Crippen molar-refractivity contribution in [3.63, 3.8) is 0 Å². The molecule has 15 heavy (non-hydrogen) atoms. The van der Waals surface area contributed by atoms with E-state index in [0.29, 0.717) is 0 Å². The molecule has 0 aliphatic rings. The van der Waals surface area contributed by atoms with Gasteiger partial charge in [-0.25, -0.2) is 4.79 Å². The van der Waals surface area contributed by atoms with Crippen LogP contribution in [0.4, 0.5) is 0 Å². The second-order valence-electron chi connectivity index (χ2n) is 3.56. The van der Waals surface area contributed by atoms with Crippen molar-refractivity contribution < 1.29 is 19.5 Å². The van der Waals surface area contributed by atoms with Crippen molar-refractivity contribution in [1.29, 1.82) is 0 Å². The van der Waals surface area contributed by atoms with E-state index in [1.54, 1.807) is 13.8 Å². The van der Waals surface area contributed by atoms with Crippen LogP contribution in [0, 0.1) is 5.92 Å². The number of primary amides is 1. The molecule has 0 aliphatic heterocycles. The van der Waals surface area contributed by atoms with Crippen molar-refractivity contribution in [2.24, 2.45) is 11.7 Å². The molecular weight excluding hydrogens is 200 g/mol. The number of amides is 2. The summed E-state index contributed by atoms with van der Waals surface area (Å²) in [4.78, 5) is 32.4. The standard InChI is InChI=1S/C9H16N2O4/c1-5(2)8(13)11-6(9(14)15)3-4-7(10)12/h5-6H,3-4H2,1-2H3,(H2,10,12)(H,11,13)(H,14,15)/t6-/m1/s1. The first-order valence-electron chi connectivity index (χ1n) is 4.66. The number of carboxylic acid groups (broad SMARTS) is 1. The van der Waals surface area contributed by atoms with Crippen LogP contribution < -0.4 is 11.1 Å². The minimum Gasteiger partial charge on any atom is -0.480 e. The average molecular weight is 216 g/mol. The molecule has 0 heterocycles. The Balaban J connectivity index is 4.22. The molecule has 0 bridgehead atoms. The predicted octanol–water partition coefficient (Wildman–Crippen LogP) is -0.523. The fourth-order valence-electron chi connectivity index (χ4n) is 0.882. The maximum atomic E-state index is 11.2. The van der Waals surface area contributed by atoms with Crippen molar-refractivity contribution in [3.05, 3.63) is 0 Å². The molecular formula is C9H16N2O4. The number of hydrogen-bond donors (Lipinski definition) is 3. The molecule has 0 fully saturated rings. The molecule has 0 spiro atoms. The Kier molecular flexibility index (Phi) is 5.36. The number of rotatable bonds is 6. The van der Waals surface area contributed by atoms with Gasteiger partial charge in [-0.2, -0.15) is 0 Å². The van der Waals surface area contributed by atoms with Crippen LogP contribution >= 0.6 is 0 Å². The van der Waals surface area contributed by atoms with E-state index in [1.165, 1.54) is 0 Å². The van der Waals surface area contributed by atoms with Gasteiger partial charge in [0.25, 0.3) is 0 Å². The van der Waals surface area contributed by atoms with E-state index in [0.717, 1.165) is 0 Å². The van der Waals surface area contributed by atoms with Crippen LogP contribution in [-0.4, -0.2) is 28.9 Å². The highest BCUT2D eigenvalue weighted by atomic mass is 16.4. The number of carbonyl (C=O) groups is 3. The number of carboxylic acids is 1. The van der Waals surface area contributed by atoms with Gasteiger partial charge in [-0.15, -0.1) is 0 Å². The molecule has 0 saturated carbocycles. The molecule has 4 N–H and O–H groups in total. The van der Waals surface area contributed by atoms with Gasteiger partial charge in [0.15, 0.2) is 0 Å². The highest BCUT2D eigenvalue weighted by molar-refractivity contribution is 5.85. The molecule has 0 aliphatic carbocycles. The number of nitrogens with two attached hydrogens (primary N) is 1. The smallest absolute Gasteiger partial charge is 0.326 e. The Morgan fingerprint density at radius 2 is 1.87 bits per heavy atom. The lowest BCUT2D eigenvalue weighted by atomic mass is 10.1. The minimum atomic E-state index is -1.16. The Morgan fingerprint density at radius 1 is 1.33 bits per heavy atom. The van der Waals surface area contributed by atoms with Gasteiger partial charge in [0.05, 0.1) is 0 Å². The van der Waals surface area contributed by atoms with Crippen LogP contribution in [0.3, 0.4) is 0 Å². The Morgan fingerprint density at radius 3 is 2.20 bits per heavy atom. The third-order valence-electron chi connectivity index (χ3n) is 1.82. The summed E-state index contributed by atoms with van der Waals surface area (Å²) in [7, 11) is 0. The quantitative estimate of drug-likeness (QED) is 0.554. The van der Waals surface area contributed by atoms with Gasteiger partial charge in [0.1, 0.15) is 6.04 Å². The summed E-state index contributed by atoms with van der Waals surface area (Å²) in [5, 5.41) is 11.1. The van der Waals surface area contributed by atoms with Crippen LogP contribution in [-0.2, 0) is 14.4 Å². The van der Waals surface area contributed by atoms with Crippen LogP contribution in [0.15, 0.2) is 0 Å². The molecule has 2 amide bonds. The Hall–Kier alpha value is -1.59. The highest BCUT2D eigenvalue weighted by Gasteiger charge is 2.21. The van der Waals surface area contributed by atoms with Crippen LogP contribution in [0.1, 0.15) is 26.7 Å². The molecule has 6 heteroatoms. The first-order chi connectivity index (χ1) is 6.84. The van der Waals surface area contributed by atoms with Crippen molar-refractivity contribution >= 4 is 17.8 Å². The molecule has 0 aromatic rings. The third kappa shape index (κ3) is 5.66. The molecule has 1 atom stereocenters. The van der Waals surface area contributed by atoms with Gasteiger partial charge >= 0.3 is 5.97 Å². The first kappa shape index (κ1) is 13.4. The van der Waals surface area contributed by atoms with Crippen molar-refractivity contribution in [3.8, 4) is 0 Å². The fraction of sp³-hybridized carbons (Fsp3) is 0.667. The van der Waals surface area contributed by atoms with Gasteiger partial charge in [0, 0.05) is 12.3 Å². The van der Waals surface area contributed by atoms with Gasteiger partial charge in [-0.05, 0) is 6.42 Å². The van der Waals surface area contributed by atoms with E-state index in [1.807, 2.05) is 0 Å². The van der Waals surface area contributed by atoms with Crippen molar-refractivity contribution in [2.75, 3.05) is 0 Å². The van der Waals surface area contributed by atoms with Crippen molar-refractivity contribution in [2.45, 2.75) is 32.7 Å². The SMILES string of the molecule is CC(C)C(=O)N[C@H](CCC(N)=O)C(=O)O. The summed E-state index contributed by atoms with van der Waals surface area (Å²) in [5.74, 6) is -2.39. The predicted molar refractivity (Wildman–Crippen MR) is 52.8 cm³/mol. The normalized spacial score (nSPS) is 12.2. The summed E-state index contributed by atoms with van der Waals surface area (Å²) in [6.45, 7) is 3.31. The van der Waals surface area contributed by atoms with Crippen LogP contribution in [0.25, 0.3) is 0 Å². The van der Waals surface area contributed by atoms with Gasteiger partial charge in [0.2, 0.25) is 11.8 Å². The maximum absolute atomic E-state index is 11.2. The zero-order chi connectivity index (χ0) is 12.0. The largest absolute Gasteiger partial charge is 0.480 e. The van der Waals surface area contributed by atoms with Gasteiger partial charge in [-0.1, -0.05) is 13.8 Å². The zero-order valence-corrected chi connectivity index (χ0v) is 8.82. The lowest BCUT2D eigenvalue weighted by Gasteiger charge is -2.15. The van der Waals surface area contributed by atoms with Gasteiger partial charge < -0.3 is 16.2 Å². The molecule has 86 valence electrons. The molecule has 0 aromatic heterocycles. The summed E-state index contributed by atoms with van der Waals surface area (Å²) >= 11 is 0. The monoisotopic (exact) mass is 216 g/mol. The lowest BCUT2D eigenvalue weighted by molar-refractivity contribution is -0.142. The highest BCUT2D eigenvalue weighted by Crippen LogP contribution is 2.00. The second-order valence-corrected chi connectivity index (χ2v) is 3.56. The average Bonchev–Trinajstić information content (AvgIpc) is 2.10. The summed E-state index contributed by atoms with van der Waals surface area (Å²) in [6.07, 6.45) is -0.0432. The minimum absolute atomic E-state index is 0.0170. The molecule has 6 nitrogen and oxygen atoms in total. The molecule has 0 saturated heterocycles. The topological polar surface area (TPSA) is 109 Å². The molecule has 0 unspecified atom stereocenters. The molecule has 0 rings (SSSR count). The van der Waals surface area contributed by atoms with E-state index >= 15 is 0 Å². The van der Waals surface area contributed by atoms with E-state index in [-0.39, 0.29) is 24.7 Å². The second kappa shape index (κ2) is 6.00. The van der Waals surface area contributed by atoms with Gasteiger partial charge in [-0.3, -0.25) is 9.59 Å². The summed E-state index contributed by atoms with van der Waals surface area (Å²) < 4.78 is 0. The zero-order valence-electron chi connectivity index (χ0n) is 8.82.